The van der Waals surface area contributed by atoms with Crippen molar-refractivity contribution in [1.29, 1.82) is 0 Å². The summed E-state index contributed by atoms with van der Waals surface area (Å²) in [6.07, 6.45) is 5.07. The molecule has 27 heavy (non-hydrogen) atoms. The maximum Gasteiger partial charge on any atom is 0.227 e. The normalized spacial score (nSPS) is 23.1. The van der Waals surface area contributed by atoms with Crippen LogP contribution in [-0.2, 0) is 6.54 Å². The van der Waals surface area contributed by atoms with Crippen LogP contribution in [0.2, 0.25) is 0 Å². The third-order valence-corrected chi connectivity index (χ3v) is 5.79. The third-order valence-electron chi connectivity index (χ3n) is 5.79. The third kappa shape index (κ3) is 3.74. The average molecular weight is 373 g/mol. The van der Waals surface area contributed by atoms with Crippen molar-refractivity contribution >= 4 is 11.8 Å². The van der Waals surface area contributed by atoms with Gasteiger partial charge in [0.15, 0.2) is 11.6 Å². The van der Waals surface area contributed by atoms with Crippen molar-refractivity contribution in [3.63, 3.8) is 0 Å². The molecule has 0 aliphatic carbocycles. The van der Waals surface area contributed by atoms with Gasteiger partial charge < -0.3 is 10.2 Å². The second kappa shape index (κ2) is 7.38. The van der Waals surface area contributed by atoms with Gasteiger partial charge >= 0.3 is 0 Å². The number of nitrogens with zero attached hydrogens (tertiary/aromatic N) is 4. The molecule has 0 saturated carbocycles. The standard InChI is InChI=1S/C20H25F2N5/c1-23-17-6-9-24-19(25-17)27-11-8-20(14-27)7-3-10-26(13-20)12-15-4-2-5-16(21)18(15)22/h2,4-6,9H,3,7-8,10-14H2,1H3,(H,23,24,25)/t20-/m1/s1. The second-order valence-electron chi connectivity index (χ2n) is 7.69. The highest BCUT2D eigenvalue weighted by atomic mass is 19.2. The van der Waals surface area contributed by atoms with Crippen LogP contribution in [-0.4, -0.2) is 48.1 Å². The fraction of sp³-hybridized carbons (Fsp3) is 0.500. The summed E-state index contributed by atoms with van der Waals surface area (Å²) in [6.45, 7) is 4.10. The molecule has 2 saturated heterocycles. The Bertz CT molecular complexity index is 815. The quantitative estimate of drug-likeness (QED) is 0.891. The summed E-state index contributed by atoms with van der Waals surface area (Å²) in [4.78, 5) is 13.5. The molecule has 1 aromatic heterocycles. The van der Waals surface area contributed by atoms with Gasteiger partial charge in [0.25, 0.3) is 0 Å². The molecular formula is C20H25F2N5. The largest absolute Gasteiger partial charge is 0.373 e. The van der Waals surface area contributed by atoms with Gasteiger partial charge in [0.05, 0.1) is 0 Å². The highest BCUT2D eigenvalue weighted by Crippen LogP contribution is 2.40. The van der Waals surface area contributed by atoms with E-state index in [-0.39, 0.29) is 5.41 Å². The number of rotatable bonds is 4. The number of anilines is 2. The minimum atomic E-state index is -0.771. The first kappa shape index (κ1) is 18.1. The van der Waals surface area contributed by atoms with Crippen molar-refractivity contribution in [2.24, 2.45) is 5.41 Å². The van der Waals surface area contributed by atoms with Crippen LogP contribution in [0.15, 0.2) is 30.5 Å². The van der Waals surface area contributed by atoms with E-state index in [1.54, 1.807) is 18.3 Å². The van der Waals surface area contributed by atoms with Gasteiger partial charge in [0, 0.05) is 50.4 Å². The van der Waals surface area contributed by atoms with E-state index in [0.29, 0.717) is 12.1 Å². The van der Waals surface area contributed by atoms with Gasteiger partial charge in [-0.15, -0.1) is 0 Å². The predicted molar refractivity (Wildman–Crippen MR) is 102 cm³/mol. The van der Waals surface area contributed by atoms with E-state index in [9.17, 15) is 8.78 Å². The molecule has 5 nitrogen and oxygen atoms in total. The van der Waals surface area contributed by atoms with Gasteiger partial charge in [-0.05, 0) is 37.9 Å². The zero-order chi connectivity index (χ0) is 18.9. The Kier molecular flexibility index (Phi) is 4.95. The van der Waals surface area contributed by atoms with Gasteiger partial charge in [-0.1, -0.05) is 12.1 Å². The number of hydrogen-bond acceptors (Lipinski definition) is 5. The molecule has 144 valence electrons. The van der Waals surface area contributed by atoms with E-state index in [4.69, 9.17) is 0 Å². The first-order valence-electron chi connectivity index (χ1n) is 9.50. The number of piperidine rings is 1. The maximum atomic E-state index is 14.0. The Labute approximate surface area is 158 Å². The summed E-state index contributed by atoms with van der Waals surface area (Å²) in [5, 5.41) is 3.05. The van der Waals surface area contributed by atoms with Crippen LogP contribution >= 0.6 is 0 Å². The molecule has 2 aliphatic rings. The lowest BCUT2D eigenvalue weighted by molar-refractivity contribution is 0.0979. The van der Waals surface area contributed by atoms with Crippen molar-refractivity contribution < 1.29 is 8.78 Å². The van der Waals surface area contributed by atoms with Gasteiger partial charge in [0.2, 0.25) is 5.95 Å². The molecule has 1 N–H and O–H groups in total. The molecule has 1 aromatic carbocycles. The first-order chi connectivity index (χ1) is 13.1. The Balaban J connectivity index is 1.45. The van der Waals surface area contributed by atoms with E-state index < -0.39 is 11.6 Å². The average Bonchev–Trinajstić information content (AvgIpc) is 3.09. The minimum Gasteiger partial charge on any atom is -0.373 e. The molecule has 3 heterocycles. The maximum absolute atomic E-state index is 14.0. The molecule has 2 fully saturated rings. The van der Waals surface area contributed by atoms with Crippen LogP contribution in [0.1, 0.15) is 24.8 Å². The smallest absolute Gasteiger partial charge is 0.227 e. The fourth-order valence-electron chi connectivity index (χ4n) is 4.44. The van der Waals surface area contributed by atoms with Crippen LogP contribution in [0.4, 0.5) is 20.5 Å². The lowest BCUT2D eigenvalue weighted by Crippen LogP contribution is -2.44. The van der Waals surface area contributed by atoms with E-state index in [2.05, 4.69) is 25.1 Å². The number of halogens is 2. The van der Waals surface area contributed by atoms with Crippen LogP contribution in [0.5, 0.6) is 0 Å². The van der Waals surface area contributed by atoms with Crippen LogP contribution < -0.4 is 10.2 Å². The predicted octanol–water partition coefficient (Wildman–Crippen LogP) is 3.29. The van der Waals surface area contributed by atoms with E-state index in [1.807, 2.05) is 13.1 Å². The van der Waals surface area contributed by atoms with Crippen molar-refractivity contribution in [2.75, 3.05) is 43.4 Å². The molecule has 2 aromatic rings. The zero-order valence-corrected chi connectivity index (χ0v) is 15.6. The summed E-state index contributed by atoms with van der Waals surface area (Å²) >= 11 is 0. The Hall–Kier alpha value is -2.28. The summed E-state index contributed by atoms with van der Waals surface area (Å²) in [7, 11) is 1.85. The van der Waals surface area contributed by atoms with Gasteiger partial charge in [-0.2, -0.15) is 4.98 Å². The Morgan fingerprint density at radius 1 is 1.15 bits per heavy atom. The number of hydrogen-bond donors (Lipinski definition) is 1. The molecule has 1 spiro atoms. The van der Waals surface area contributed by atoms with Gasteiger partial charge in [0.1, 0.15) is 5.82 Å². The SMILES string of the molecule is CNc1ccnc(N2CC[C@@]3(CCCN(Cc4cccc(F)c4F)C3)C2)n1. The molecular weight excluding hydrogens is 348 g/mol. The fourth-order valence-corrected chi connectivity index (χ4v) is 4.44. The number of likely N-dealkylation sites (tertiary alicyclic amines) is 1. The van der Waals surface area contributed by atoms with Crippen molar-refractivity contribution in [3.05, 3.63) is 47.7 Å². The van der Waals surface area contributed by atoms with Crippen LogP contribution in [0, 0.1) is 17.0 Å². The highest BCUT2D eigenvalue weighted by Gasteiger charge is 2.42. The summed E-state index contributed by atoms with van der Waals surface area (Å²) < 4.78 is 27.6. The minimum absolute atomic E-state index is 0.168. The lowest BCUT2D eigenvalue weighted by atomic mass is 9.79. The molecule has 2 aliphatic heterocycles. The molecule has 0 radical (unpaired) electrons. The number of aromatic nitrogens is 2. The van der Waals surface area contributed by atoms with Crippen molar-refractivity contribution in [1.82, 2.24) is 14.9 Å². The summed E-state index contributed by atoms with van der Waals surface area (Å²) in [6, 6.07) is 6.28. The molecule has 7 heteroatoms. The summed E-state index contributed by atoms with van der Waals surface area (Å²) in [5.74, 6) is 0.0788. The second-order valence-corrected chi connectivity index (χ2v) is 7.69. The van der Waals surface area contributed by atoms with Crippen LogP contribution in [0.25, 0.3) is 0 Å². The monoisotopic (exact) mass is 373 g/mol. The number of nitrogens with one attached hydrogen (secondary N) is 1. The van der Waals surface area contributed by atoms with E-state index in [0.717, 1.165) is 57.2 Å². The topological polar surface area (TPSA) is 44.3 Å². The van der Waals surface area contributed by atoms with Gasteiger partial charge in [-0.3, -0.25) is 4.90 Å². The van der Waals surface area contributed by atoms with Crippen LogP contribution in [0.3, 0.4) is 0 Å². The molecule has 1 atom stereocenters. The van der Waals surface area contributed by atoms with E-state index >= 15 is 0 Å². The van der Waals surface area contributed by atoms with E-state index in [1.165, 1.54) is 6.07 Å². The van der Waals surface area contributed by atoms with Crippen molar-refractivity contribution in [2.45, 2.75) is 25.8 Å². The summed E-state index contributed by atoms with van der Waals surface area (Å²) in [5.41, 5.74) is 0.605. The van der Waals surface area contributed by atoms with Gasteiger partial charge in [-0.25, -0.2) is 13.8 Å². The molecule has 0 unspecified atom stereocenters. The lowest BCUT2D eigenvalue weighted by Gasteiger charge is -2.40. The van der Waals surface area contributed by atoms with Crippen molar-refractivity contribution in [3.8, 4) is 0 Å². The Morgan fingerprint density at radius 2 is 2.04 bits per heavy atom. The highest BCUT2D eigenvalue weighted by molar-refractivity contribution is 5.42. The first-order valence-corrected chi connectivity index (χ1v) is 9.50. The zero-order valence-electron chi connectivity index (χ0n) is 15.6. The number of benzene rings is 1. The molecule has 0 amide bonds. The molecule has 4 rings (SSSR count). The molecule has 0 bridgehead atoms. The Morgan fingerprint density at radius 3 is 2.89 bits per heavy atom.